The fourth-order valence-corrected chi connectivity index (χ4v) is 1.79. The molecule has 2 rings (SSSR count). The summed E-state index contributed by atoms with van der Waals surface area (Å²) in [5.41, 5.74) is 0.634. The molecule has 0 spiro atoms. The van der Waals surface area contributed by atoms with Crippen molar-refractivity contribution >= 4 is 16.9 Å². The number of rotatable bonds is 3. The van der Waals surface area contributed by atoms with E-state index in [0.717, 1.165) is 10.8 Å². The number of hydrogen-bond acceptors (Lipinski definition) is 4. The Hall–Kier alpha value is -2.54. The van der Waals surface area contributed by atoms with Gasteiger partial charge < -0.3 is 9.47 Å². The normalized spacial score (nSPS) is 11.6. The molecule has 0 saturated carbocycles. The van der Waals surface area contributed by atoms with E-state index in [2.05, 4.69) is 4.74 Å². The van der Waals surface area contributed by atoms with Gasteiger partial charge in [-0.2, -0.15) is 5.26 Å². The number of carbonyl (C=O) groups is 1. The molecule has 0 aromatic heterocycles. The Morgan fingerprint density at radius 2 is 2.00 bits per heavy atom. The first-order valence-electron chi connectivity index (χ1n) is 5.96. The van der Waals surface area contributed by atoms with E-state index in [1.54, 1.807) is 13.0 Å². The second-order valence-corrected chi connectivity index (χ2v) is 3.92. The van der Waals surface area contributed by atoms with Crippen LogP contribution in [0.4, 0.5) is 4.79 Å². The largest absolute Gasteiger partial charge is 0.509 e. The standard InChI is InChI=1S/C15H13NO3/c1-2-18-15(17)19-14(10-16)13-8-7-11-5-3-4-6-12(11)9-13/h3-9,14H,2H2,1H3. The maximum Gasteiger partial charge on any atom is 0.509 e. The summed E-state index contributed by atoms with van der Waals surface area (Å²) in [6, 6.07) is 15.2. The van der Waals surface area contributed by atoms with Crippen molar-refractivity contribution < 1.29 is 14.3 Å². The molecule has 0 amide bonds. The van der Waals surface area contributed by atoms with Gasteiger partial charge in [0.05, 0.1) is 6.61 Å². The van der Waals surface area contributed by atoms with E-state index in [1.165, 1.54) is 0 Å². The highest BCUT2D eigenvalue weighted by Gasteiger charge is 2.17. The van der Waals surface area contributed by atoms with E-state index >= 15 is 0 Å². The molecule has 0 radical (unpaired) electrons. The van der Waals surface area contributed by atoms with Gasteiger partial charge >= 0.3 is 6.16 Å². The second kappa shape index (κ2) is 5.87. The first-order valence-corrected chi connectivity index (χ1v) is 5.96. The molecule has 0 N–H and O–H groups in total. The van der Waals surface area contributed by atoms with E-state index in [0.29, 0.717) is 5.56 Å². The summed E-state index contributed by atoms with van der Waals surface area (Å²) < 4.78 is 9.62. The third-order valence-electron chi connectivity index (χ3n) is 2.67. The van der Waals surface area contributed by atoms with Gasteiger partial charge in [0.15, 0.2) is 0 Å². The van der Waals surface area contributed by atoms with Gasteiger partial charge in [0, 0.05) is 5.56 Å². The second-order valence-electron chi connectivity index (χ2n) is 3.92. The van der Waals surface area contributed by atoms with Crippen LogP contribution in [-0.2, 0) is 9.47 Å². The summed E-state index contributed by atoms with van der Waals surface area (Å²) in [5, 5.41) is 11.1. The van der Waals surface area contributed by atoms with Crippen LogP contribution in [0.25, 0.3) is 10.8 Å². The molecule has 4 heteroatoms. The van der Waals surface area contributed by atoms with Crippen molar-refractivity contribution in [3.63, 3.8) is 0 Å². The minimum Gasteiger partial charge on any atom is -0.435 e. The number of nitrogens with zero attached hydrogens (tertiary/aromatic N) is 1. The van der Waals surface area contributed by atoms with Crippen LogP contribution < -0.4 is 0 Å². The molecule has 0 bridgehead atoms. The monoisotopic (exact) mass is 255 g/mol. The number of ether oxygens (including phenoxy) is 2. The van der Waals surface area contributed by atoms with Crippen LogP contribution in [0.5, 0.6) is 0 Å². The maximum absolute atomic E-state index is 11.3. The molecule has 0 aliphatic rings. The van der Waals surface area contributed by atoms with Crippen LogP contribution in [0.1, 0.15) is 18.6 Å². The molecule has 19 heavy (non-hydrogen) atoms. The third-order valence-corrected chi connectivity index (χ3v) is 2.67. The van der Waals surface area contributed by atoms with Crippen molar-refractivity contribution in [2.45, 2.75) is 13.0 Å². The molecule has 0 aliphatic carbocycles. The summed E-state index contributed by atoms with van der Waals surface area (Å²) in [7, 11) is 0. The van der Waals surface area contributed by atoms with Gasteiger partial charge in [0.25, 0.3) is 0 Å². The highest BCUT2D eigenvalue weighted by molar-refractivity contribution is 5.83. The van der Waals surface area contributed by atoms with Gasteiger partial charge in [-0.3, -0.25) is 0 Å². The van der Waals surface area contributed by atoms with E-state index < -0.39 is 12.3 Å². The lowest BCUT2D eigenvalue weighted by Crippen LogP contribution is -2.11. The zero-order valence-electron chi connectivity index (χ0n) is 10.5. The lowest BCUT2D eigenvalue weighted by atomic mass is 10.0. The number of nitriles is 1. The Balaban J connectivity index is 2.26. The van der Waals surface area contributed by atoms with Crippen molar-refractivity contribution in [1.29, 1.82) is 5.26 Å². The number of carbonyl (C=O) groups excluding carboxylic acids is 1. The molecule has 0 aliphatic heterocycles. The van der Waals surface area contributed by atoms with Crippen molar-refractivity contribution in [2.75, 3.05) is 6.61 Å². The average molecular weight is 255 g/mol. The summed E-state index contributed by atoms with van der Waals surface area (Å²) >= 11 is 0. The zero-order chi connectivity index (χ0) is 13.7. The number of fused-ring (bicyclic) bond motifs is 1. The molecule has 0 saturated heterocycles. The lowest BCUT2D eigenvalue weighted by molar-refractivity contribution is 0.0421. The molecular weight excluding hydrogens is 242 g/mol. The molecule has 96 valence electrons. The highest BCUT2D eigenvalue weighted by Crippen LogP contribution is 2.22. The maximum atomic E-state index is 11.3. The van der Waals surface area contributed by atoms with Gasteiger partial charge in [-0.15, -0.1) is 0 Å². The van der Waals surface area contributed by atoms with Gasteiger partial charge in [-0.25, -0.2) is 4.79 Å². The fourth-order valence-electron chi connectivity index (χ4n) is 1.79. The van der Waals surface area contributed by atoms with Gasteiger partial charge in [0.2, 0.25) is 6.10 Å². The molecule has 2 aromatic carbocycles. The molecule has 2 aromatic rings. The third kappa shape index (κ3) is 3.02. The lowest BCUT2D eigenvalue weighted by Gasteiger charge is -2.11. The first kappa shape index (κ1) is 12.9. The fraction of sp³-hybridized carbons (Fsp3) is 0.200. The summed E-state index contributed by atoms with van der Waals surface area (Å²) in [5.74, 6) is 0. The quantitative estimate of drug-likeness (QED) is 0.786. The van der Waals surface area contributed by atoms with E-state index in [9.17, 15) is 4.79 Å². The van der Waals surface area contributed by atoms with Crippen LogP contribution in [0.2, 0.25) is 0 Å². The van der Waals surface area contributed by atoms with Crippen molar-refractivity contribution in [3.05, 3.63) is 48.0 Å². The predicted molar refractivity (Wildman–Crippen MR) is 70.4 cm³/mol. The zero-order valence-corrected chi connectivity index (χ0v) is 10.5. The van der Waals surface area contributed by atoms with E-state index in [-0.39, 0.29) is 6.61 Å². The van der Waals surface area contributed by atoms with Gasteiger partial charge in [0.1, 0.15) is 6.07 Å². The van der Waals surface area contributed by atoms with E-state index in [4.69, 9.17) is 10.00 Å². The average Bonchev–Trinajstić information content (AvgIpc) is 2.44. The highest BCUT2D eigenvalue weighted by atomic mass is 16.7. The first-order chi connectivity index (χ1) is 9.24. The molecule has 0 heterocycles. The Morgan fingerprint density at radius 3 is 2.68 bits per heavy atom. The predicted octanol–water partition coefficient (Wildman–Crippen LogP) is 3.58. The Bertz CT molecular complexity index is 631. The molecule has 0 fully saturated rings. The Labute approximate surface area is 111 Å². The van der Waals surface area contributed by atoms with E-state index in [1.807, 2.05) is 42.5 Å². The van der Waals surface area contributed by atoms with Crippen molar-refractivity contribution in [3.8, 4) is 6.07 Å². The molecular formula is C15H13NO3. The van der Waals surface area contributed by atoms with Gasteiger partial charge in [-0.1, -0.05) is 36.4 Å². The number of hydrogen-bond donors (Lipinski definition) is 0. The van der Waals surface area contributed by atoms with Crippen molar-refractivity contribution in [2.24, 2.45) is 0 Å². The SMILES string of the molecule is CCOC(=O)OC(C#N)c1ccc2ccccc2c1. The Kier molecular flexibility index (Phi) is 3.99. The Morgan fingerprint density at radius 1 is 1.26 bits per heavy atom. The van der Waals surface area contributed by atoms with Crippen LogP contribution >= 0.6 is 0 Å². The van der Waals surface area contributed by atoms with Crippen LogP contribution in [0, 0.1) is 11.3 Å². The van der Waals surface area contributed by atoms with Crippen LogP contribution in [0.15, 0.2) is 42.5 Å². The van der Waals surface area contributed by atoms with Crippen molar-refractivity contribution in [1.82, 2.24) is 0 Å². The van der Waals surface area contributed by atoms with Gasteiger partial charge in [-0.05, 0) is 23.8 Å². The number of benzene rings is 2. The molecule has 4 nitrogen and oxygen atoms in total. The van der Waals surface area contributed by atoms with Crippen LogP contribution in [-0.4, -0.2) is 12.8 Å². The summed E-state index contributed by atoms with van der Waals surface area (Å²) in [4.78, 5) is 11.3. The summed E-state index contributed by atoms with van der Waals surface area (Å²) in [6.07, 6.45) is -1.79. The molecule has 1 unspecified atom stereocenters. The summed E-state index contributed by atoms with van der Waals surface area (Å²) in [6.45, 7) is 1.90. The van der Waals surface area contributed by atoms with Crippen LogP contribution in [0.3, 0.4) is 0 Å². The minimum absolute atomic E-state index is 0.217. The topological polar surface area (TPSA) is 59.3 Å². The smallest absolute Gasteiger partial charge is 0.435 e. The molecule has 1 atom stereocenters. The minimum atomic E-state index is -0.955.